The monoisotopic (exact) mass is 388 g/mol. The van der Waals surface area contributed by atoms with Gasteiger partial charge in [-0.05, 0) is 28.4 Å². The number of sulfonamides is 1. The van der Waals surface area contributed by atoms with Gasteiger partial charge >= 0.3 is 0 Å². The number of benzene rings is 1. The number of anilines is 1. The summed E-state index contributed by atoms with van der Waals surface area (Å²) < 4.78 is 40.1. The normalized spacial score (nSPS) is 13.4. The van der Waals surface area contributed by atoms with Crippen molar-refractivity contribution in [3.8, 4) is 0 Å². The molecule has 0 amide bonds. The lowest BCUT2D eigenvalue weighted by atomic mass is 10.2. The van der Waals surface area contributed by atoms with Crippen molar-refractivity contribution in [2.75, 3.05) is 12.3 Å². The smallest absolute Gasteiger partial charge is 0.243 e. The molecule has 114 valence electrons. The number of hydrogen-bond acceptors (Lipinski definition) is 4. The molecule has 1 unspecified atom stereocenters. The van der Waals surface area contributed by atoms with E-state index >= 15 is 0 Å². The Morgan fingerprint density at radius 2 is 2.20 bits per heavy atom. The molecule has 0 aliphatic carbocycles. The van der Waals surface area contributed by atoms with E-state index in [0.717, 1.165) is 6.07 Å². The third-order valence-corrected chi connectivity index (χ3v) is 5.38. The highest BCUT2D eigenvalue weighted by atomic mass is 79.9. The first-order chi connectivity index (χ1) is 9.20. The first kappa shape index (κ1) is 17.6. The molecule has 0 saturated heterocycles. The van der Waals surface area contributed by atoms with Gasteiger partial charge in [-0.3, -0.25) is 0 Å². The van der Waals surface area contributed by atoms with Crippen molar-refractivity contribution in [3.63, 3.8) is 0 Å². The second kappa shape index (κ2) is 7.04. The molecule has 0 radical (unpaired) electrons. The predicted octanol–water partition coefficient (Wildman–Crippen LogP) is 2.26. The molecule has 1 rings (SSSR count). The topological polar surface area (TPSA) is 92.4 Å². The minimum absolute atomic E-state index is 0.0154. The summed E-state index contributed by atoms with van der Waals surface area (Å²) in [6.07, 6.45) is 0.309. The predicted molar refractivity (Wildman–Crippen MR) is 79.6 cm³/mol. The summed E-state index contributed by atoms with van der Waals surface area (Å²) in [5, 5.41) is 9.49. The molecule has 0 spiro atoms. The van der Waals surface area contributed by atoms with Crippen LogP contribution in [0.1, 0.15) is 19.8 Å². The average Bonchev–Trinajstić information content (AvgIpc) is 2.38. The summed E-state index contributed by atoms with van der Waals surface area (Å²) in [5.41, 5.74) is 5.05. The molecular formula is C11H15BrClFN2O3S. The van der Waals surface area contributed by atoms with Crippen LogP contribution in [-0.2, 0) is 10.0 Å². The van der Waals surface area contributed by atoms with E-state index in [4.69, 9.17) is 17.3 Å². The fraction of sp³-hybridized carbons (Fsp3) is 0.455. The van der Waals surface area contributed by atoms with Crippen molar-refractivity contribution < 1.29 is 17.9 Å². The van der Waals surface area contributed by atoms with Gasteiger partial charge < -0.3 is 10.8 Å². The number of aliphatic hydroxyl groups excluding tert-OH is 1. The number of halogens is 3. The van der Waals surface area contributed by atoms with Crippen molar-refractivity contribution in [3.05, 3.63) is 21.4 Å². The molecule has 0 heterocycles. The number of nitrogens with one attached hydrogen (secondary N) is 1. The second-order valence-corrected chi connectivity index (χ2v) is 7.13. The molecule has 1 aromatic carbocycles. The highest BCUT2D eigenvalue weighted by Gasteiger charge is 2.24. The molecule has 1 aromatic rings. The highest BCUT2D eigenvalue weighted by molar-refractivity contribution is 9.10. The molecule has 1 atom stereocenters. The maximum Gasteiger partial charge on any atom is 0.243 e. The number of nitrogen functional groups attached to an aromatic ring is 1. The molecule has 0 aromatic heterocycles. The van der Waals surface area contributed by atoms with E-state index in [9.17, 15) is 17.9 Å². The minimum Gasteiger partial charge on any atom is -0.395 e. The van der Waals surface area contributed by atoms with Crippen molar-refractivity contribution in [1.29, 1.82) is 0 Å². The largest absolute Gasteiger partial charge is 0.395 e. The van der Waals surface area contributed by atoms with Crippen LogP contribution in [0.3, 0.4) is 0 Å². The fourth-order valence-corrected chi connectivity index (χ4v) is 3.26. The van der Waals surface area contributed by atoms with Crippen LogP contribution >= 0.6 is 27.5 Å². The molecule has 4 N–H and O–H groups in total. The maximum absolute atomic E-state index is 13.9. The van der Waals surface area contributed by atoms with Crippen LogP contribution in [0.2, 0.25) is 5.02 Å². The van der Waals surface area contributed by atoms with Crippen molar-refractivity contribution in [2.45, 2.75) is 30.8 Å². The molecular weight excluding hydrogens is 375 g/mol. The zero-order valence-corrected chi connectivity index (χ0v) is 13.8. The van der Waals surface area contributed by atoms with Crippen LogP contribution < -0.4 is 10.5 Å². The Morgan fingerprint density at radius 3 is 2.75 bits per heavy atom. The van der Waals surface area contributed by atoms with Crippen molar-refractivity contribution >= 4 is 43.2 Å². The van der Waals surface area contributed by atoms with Crippen molar-refractivity contribution in [1.82, 2.24) is 4.72 Å². The van der Waals surface area contributed by atoms with Gasteiger partial charge in [-0.15, -0.1) is 0 Å². The highest BCUT2D eigenvalue weighted by Crippen LogP contribution is 2.34. The van der Waals surface area contributed by atoms with Crippen LogP contribution in [-0.4, -0.2) is 26.2 Å². The van der Waals surface area contributed by atoms with Crippen LogP contribution in [0.5, 0.6) is 0 Å². The lowest BCUT2D eigenvalue weighted by molar-refractivity contribution is 0.167. The van der Waals surface area contributed by atoms with Crippen LogP contribution in [0, 0.1) is 5.82 Å². The van der Waals surface area contributed by atoms with Gasteiger partial charge in [-0.1, -0.05) is 24.9 Å². The summed E-state index contributed by atoms with van der Waals surface area (Å²) in [6.45, 7) is 1.65. The third kappa shape index (κ3) is 4.05. The van der Waals surface area contributed by atoms with Gasteiger partial charge in [0.1, 0.15) is 4.90 Å². The Morgan fingerprint density at radius 1 is 1.60 bits per heavy atom. The fourth-order valence-electron chi connectivity index (χ4n) is 1.51. The second-order valence-electron chi connectivity index (χ2n) is 4.19. The van der Waals surface area contributed by atoms with Gasteiger partial charge in [0, 0.05) is 6.54 Å². The molecule has 0 fully saturated rings. The molecule has 0 saturated carbocycles. The standard InChI is InChI=1S/C11H15BrClFN2O3S/c1-2-3-6(17)5-16-20(18,19)8-4-7(13)9(12)11(15)10(8)14/h4,6,16-17H,2-3,5,15H2,1H3. The van der Waals surface area contributed by atoms with Gasteiger partial charge in [-0.25, -0.2) is 17.5 Å². The summed E-state index contributed by atoms with van der Waals surface area (Å²) in [5.74, 6) is -1.08. The van der Waals surface area contributed by atoms with Gasteiger partial charge in [0.15, 0.2) is 5.82 Å². The Bertz CT molecular complexity index is 598. The molecule has 0 aliphatic rings. The molecule has 0 aliphatic heterocycles. The Hall–Kier alpha value is -0.410. The van der Waals surface area contributed by atoms with E-state index in [-0.39, 0.29) is 21.7 Å². The van der Waals surface area contributed by atoms with Crippen LogP contribution in [0.25, 0.3) is 0 Å². The summed E-state index contributed by atoms with van der Waals surface area (Å²) in [7, 11) is -4.14. The van der Waals surface area contributed by atoms with E-state index in [0.29, 0.717) is 12.8 Å². The van der Waals surface area contributed by atoms with Gasteiger partial charge in [-0.2, -0.15) is 0 Å². The number of hydrogen-bond donors (Lipinski definition) is 3. The Labute approximate surface area is 130 Å². The molecule has 5 nitrogen and oxygen atoms in total. The van der Waals surface area contributed by atoms with Crippen LogP contribution in [0.15, 0.2) is 15.4 Å². The lowest BCUT2D eigenvalue weighted by Crippen LogP contribution is -2.32. The number of aliphatic hydroxyl groups is 1. The molecule has 20 heavy (non-hydrogen) atoms. The van der Waals surface area contributed by atoms with E-state index in [1.807, 2.05) is 6.92 Å². The first-order valence-electron chi connectivity index (χ1n) is 5.81. The van der Waals surface area contributed by atoms with E-state index < -0.39 is 26.8 Å². The molecule has 9 heteroatoms. The Balaban J connectivity index is 3.05. The number of nitrogens with two attached hydrogens (primary N) is 1. The Kier molecular flexibility index (Phi) is 6.21. The average molecular weight is 390 g/mol. The summed E-state index contributed by atoms with van der Waals surface area (Å²) in [6, 6.07) is 0.964. The van der Waals surface area contributed by atoms with E-state index in [1.54, 1.807) is 0 Å². The summed E-state index contributed by atoms with van der Waals surface area (Å²) in [4.78, 5) is -0.646. The first-order valence-corrected chi connectivity index (χ1v) is 8.46. The minimum atomic E-state index is -4.14. The van der Waals surface area contributed by atoms with Gasteiger partial charge in [0.2, 0.25) is 10.0 Å². The van der Waals surface area contributed by atoms with Crippen LogP contribution in [0.4, 0.5) is 10.1 Å². The van der Waals surface area contributed by atoms with E-state index in [1.165, 1.54) is 0 Å². The third-order valence-electron chi connectivity index (χ3n) is 2.58. The number of rotatable bonds is 6. The molecule has 0 bridgehead atoms. The van der Waals surface area contributed by atoms with Gasteiger partial charge in [0.05, 0.1) is 21.3 Å². The van der Waals surface area contributed by atoms with Gasteiger partial charge in [0.25, 0.3) is 0 Å². The zero-order valence-electron chi connectivity index (χ0n) is 10.7. The quantitative estimate of drug-likeness (QED) is 0.514. The SMILES string of the molecule is CCCC(O)CNS(=O)(=O)c1cc(Cl)c(Br)c(N)c1F. The van der Waals surface area contributed by atoms with Crippen molar-refractivity contribution in [2.24, 2.45) is 0 Å². The zero-order chi connectivity index (χ0) is 15.5. The lowest BCUT2D eigenvalue weighted by Gasteiger charge is -2.13. The summed E-state index contributed by atoms with van der Waals surface area (Å²) >= 11 is 8.74. The maximum atomic E-state index is 13.9. The van der Waals surface area contributed by atoms with E-state index in [2.05, 4.69) is 20.7 Å².